The van der Waals surface area contributed by atoms with E-state index < -0.39 is 20.6 Å². The van der Waals surface area contributed by atoms with E-state index in [-0.39, 0.29) is 17.7 Å². The lowest BCUT2D eigenvalue weighted by Crippen LogP contribution is -2.44. The molecule has 1 aliphatic carbocycles. The van der Waals surface area contributed by atoms with Gasteiger partial charge in [-0.15, -0.1) is 0 Å². The quantitative estimate of drug-likeness (QED) is 0.673. The highest BCUT2D eigenvalue weighted by molar-refractivity contribution is 7.93. The van der Waals surface area contributed by atoms with E-state index >= 15 is 0 Å². The molecule has 0 spiro atoms. The average Bonchev–Trinajstić information content (AvgIpc) is 2.97. The van der Waals surface area contributed by atoms with E-state index in [0.717, 1.165) is 0 Å². The Morgan fingerprint density at radius 3 is 2.20 bits per heavy atom. The van der Waals surface area contributed by atoms with Gasteiger partial charge in [0.25, 0.3) is 0 Å². The Balaban J connectivity index is 2.48. The Kier molecular flexibility index (Phi) is 4.01. The van der Waals surface area contributed by atoms with Crippen molar-refractivity contribution in [2.24, 2.45) is 0 Å². The maximum Gasteiger partial charge on any atom is 0.363 e. The van der Waals surface area contributed by atoms with Gasteiger partial charge in [-0.3, -0.25) is 4.89 Å². The molecule has 1 aromatic rings. The van der Waals surface area contributed by atoms with Crippen LogP contribution in [-0.2, 0) is 19.5 Å². The molecule has 1 aromatic carbocycles. The highest BCUT2D eigenvalue weighted by Crippen LogP contribution is 2.41. The molecule has 20 heavy (non-hydrogen) atoms. The van der Waals surface area contributed by atoms with Gasteiger partial charge >= 0.3 is 5.97 Å². The van der Waals surface area contributed by atoms with Gasteiger partial charge in [0.1, 0.15) is 5.75 Å². The molecule has 0 unspecified atom stereocenters. The van der Waals surface area contributed by atoms with Crippen LogP contribution in [0.5, 0.6) is 5.75 Å². The Morgan fingerprint density at radius 2 is 1.75 bits per heavy atom. The summed E-state index contributed by atoms with van der Waals surface area (Å²) in [5, 5.41) is 8.62. The summed E-state index contributed by atoms with van der Waals surface area (Å²) in [6.07, 6.45) is 1.51. The van der Waals surface area contributed by atoms with Crippen LogP contribution in [0.25, 0.3) is 0 Å². The van der Waals surface area contributed by atoms with E-state index in [9.17, 15) is 13.2 Å². The maximum atomic E-state index is 12.7. The molecule has 0 heterocycles. The van der Waals surface area contributed by atoms with Gasteiger partial charge in [0, 0.05) is 0 Å². The third kappa shape index (κ3) is 2.16. The van der Waals surface area contributed by atoms with Crippen LogP contribution >= 0.6 is 0 Å². The second-order valence-electron chi connectivity index (χ2n) is 4.76. The fourth-order valence-electron chi connectivity index (χ4n) is 2.59. The number of sulfone groups is 1. The van der Waals surface area contributed by atoms with Crippen molar-refractivity contribution in [2.75, 3.05) is 7.11 Å². The average molecular weight is 300 g/mol. The molecule has 0 amide bonds. The van der Waals surface area contributed by atoms with E-state index in [1.165, 1.54) is 31.4 Å². The number of hydrogen-bond acceptors (Lipinski definition) is 6. The van der Waals surface area contributed by atoms with Crippen LogP contribution in [0.3, 0.4) is 0 Å². The largest absolute Gasteiger partial charge is 0.497 e. The molecule has 6 nitrogen and oxygen atoms in total. The van der Waals surface area contributed by atoms with Crippen LogP contribution in [0.15, 0.2) is 29.2 Å². The molecular formula is C13H16O6S. The van der Waals surface area contributed by atoms with Crippen molar-refractivity contribution < 1.29 is 28.1 Å². The number of methoxy groups -OCH3 is 1. The molecule has 1 fully saturated rings. The van der Waals surface area contributed by atoms with Crippen LogP contribution in [0.1, 0.15) is 25.7 Å². The van der Waals surface area contributed by atoms with Crippen molar-refractivity contribution in [2.45, 2.75) is 35.3 Å². The minimum Gasteiger partial charge on any atom is -0.497 e. The van der Waals surface area contributed by atoms with Crippen molar-refractivity contribution in [1.29, 1.82) is 0 Å². The number of carbonyl (C=O) groups excluding carboxylic acids is 1. The smallest absolute Gasteiger partial charge is 0.363 e. The van der Waals surface area contributed by atoms with Gasteiger partial charge in [0.2, 0.25) is 0 Å². The summed E-state index contributed by atoms with van der Waals surface area (Å²) in [6.45, 7) is 0. The van der Waals surface area contributed by atoms with Gasteiger partial charge in [-0.05, 0) is 37.1 Å². The molecule has 1 aliphatic rings. The summed E-state index contributed by atoms with van der Waals surface area (Å²) < 4.78 is 28.7. The van der Waals surface area contributed by atoms with E-state index in [2.05, 4.69) is 4.89 Å². The van der Waals surface area contributed by atoms with E-state index in [1.54, 1.807) is 0 Å². The first-order valence-corrected chi connectivity index (χ1v) is 7.71. The molecule has 1 N–H and O–H groups in total. The predicted molar refractivity (Wildman–Crippen MR) is 70.1 cm³/mol. The van der Waals surface area contributed by atoms with Crippen LogP contribution in [0.2, 0.25) is 0 Å². The third-order valence-corrected chi connectivity index (χ3v) is 6.25. The van der Waals surface area contributed by atoms with Gasteiger partial charge in [0.05, 0.1) is 12.0 Å². The Morgan fingerprint density at radius 1 is 1.20 bits per heavy atom. The summed E-state index contributed by atoms with van der Waals surface area (Å²) in [5.74, 6) is -0.583. The highest BCUT2D eigenvalue weighted by Gasteiger charge is 2.54. The lowest BCUT2D eigenvalue weighted by molar-refractivity contribution is -0.237. The molecule has 0 aromatic heterocycles. The first-order chi connectivity index (χ1) is 9.48. The second kappa shape index (κ2) is 5.41. The Labute approximate surface area is 117 Å². The van der Waals surface area contributed by atoms with E-state index in [0.29, 0.717) is 18.6 Å². The summed E-state index contributed by atoms with van der Waals surface area (Å²) in [6, 6.07) is 5.80. The first-order valence-electron chi connectivity index (χ1n) is 6.22. The first kappa shape index (κ1) is 14.8. The van der Waals surface area contributed by atoms with Gasteiger partial charge in [0.15, 0.2) is 14.6 Å². The molecule has 110 valence electrons. The van der Waals surface area contributed by atoms with Gasteiger partial charge in [-0.25, -0.2) is 13.2 Å². The monoisotopic (exact) mass is 300 g/mol. The van der Waals surface area contributed by atoms with Crippen molar-refractivity contribution in [3.63, 3.8) is 0 Å². The van der Waals surface area contributed by atoms with Gasteiger partial charge in [-0.1, -0.05) is 12.8 Å². The molecule has 2 rings (SSSR count). The third-order valence-electron chi connectivity index (χ3n) is 3.75. The zero-order valence-corrected chi connectivity index (χ0v) is 11.9. The summed E-state index contributed by atoms with van der Waals surface area (Å²) in [5.41, 5.74) is 0. The molecular weight excluding hydrogens is 284 g/mol. The summed E-state index contributed by atoms with van der Waals surface area (Å²) >= 11 is 0. The molecule has 7 heteroatoms. The number of benzene rings is 1. The molecule has 0 saturated heterocycles. The minimum absolute atomic E-state index is 0.0191. The fourth-order valence-corrected chi connectivity index (χ4v) is 4.62. The lowest BCUT2D eigenvalue weighted by atomic mass is 10.1. The summed E-state index contributed by atoms with van der Waals surface area (Å²) in [4.78, 5) is 15.6. The van der Waals surface area contributed by atoms with Gasteiger partial charge in [-0.2, -0.15) is 5.26 Å². The SMILES string of the molecule is COc1ccc(S(=O)(=O)C2(C(=O)OO)CCCC2)cc1. The number of rotatable bonds is 4. The zero-order chi connectivity index (χ0) is 14.8. The van der Waals surface area contributed by atoms with Crippen LogP contribution in [0, 0.1) is 0 Å². The molecule has 0 aliphatic heterocycles. The van der Waals surface area contributed by atoms with E-state index in [4.69, 9.17) is 9.99 Å². The molecule has 0 radical (unpaired) electrons. The Hall–Kier alpha value is -1.60. The summed E-state index contributed by atoms with van der Waals surface area (Å²) in [7, 11) is -2.45. The fraction of sp³-hybridized carbons (Fsp3) is 0.462. The Bertz CT molecular complexity index is 584. The van der Waals surface area contributed by atoms with E-state index in [1.807, 2.05) is 0 Å². The number of carbonyl (C=O) groups is 1. The predicted octanol–water partition coefficient (Wildman–Crippen LogP) is 1.80. The topological polar surface area (TPSA) is 89.9 Å². The van der Waals surface area contributed by atoms with Crippen LogP contribution in [-0.4, -0.2) is 31.5 Å². The van der Waals surface area contributed by atoms with Crippen molar-refractivity contribution in [1.82, 2.24) is 0 Å². The van der Waals surface area contributed by atoms with Crippen molar-refractivity contribution in [3.05, 3.63) is 24.3 Å². The second-order valence-corrected chi connectivity index (χ2v) is 7.02. The van der Waals surface area contributed by atoms with Gasteiger partial charge < -0.3 is 4.74 Å². The van der Waals surface area contributed by atoms with Crippen molar-refractivity contribution >= 4 is 15.8 Å². The van der Waals surface area contributed by atoms with Crippen molar-refractivity contribution in [3.8, 4) is 5.75 Å². The number of ether oxygens (including phenoxy) is 1. The minimum atomic E-state index is -3.93. The molecule has 0 bridgehead atoms. The van der Waals surface area contributed by atoms with Crippen LogP contribution in [0.4, 0.5) is 0 Å². The van der Waals surface area contributed by atoms with Crippen LogP contribution < -0.4 is 4.74 Å². The lowest BCUT2D eigenvalue weighted by Gasteiger charge is -2.24. The highest BCUT2D eigenvalue weighted by atomic mass is 32.2. The molecule has 0 atom stereocenters. The zero-order valence-electron chi connectivity index (χ0n) is 11.0. The number of hydrogen-bond donors (Lipinski definition) is 1. The maximum absolute atomic E-state index is 12.7. The normalized spacial score (nSPS) is 17.7. The molecule has 1 saturated carbocycles. The standard InChI is InChI=1S/C13H16O6S/c1-18-10-4-6-11(7-5-10)20(16,17)13(12(14)19-15)8-2-3-9-13/h4-7,15H,2-3,8-9H2,1H3.